The summed E-state index contributed by atoms with van der Waals surface area (Å²) in [5, 5.41) is 41.2. The fourth-order valence-corrected chi connectivity index (χ4v) is 4.49. The van der Waals surface area contributed by atoms with Gasteiger partial charge in [0.2, 0.25) is 17.4 Å². The Morgan fingerprint density at radius 2 is 1.86 bits per heavy atom. The van der Waals surface area contributed by atoms with Crippen LogP contribution in [0.15, 0.2) is 18.2 Å². The molecule has 2 aliphatic heterocycles. The van der Waals surface area contributed by atoms with E-state index in [4.69, 9.17) is 16.6 Å². The number of aliphatic hydroxyl groups is 1. The highest BCUT2D eigenvalue weighted by molar-refractivity contribution is 5.63. The maximum atomic E-state index is 13.3. The van der Waals surface area contributed by atoms with Crippen molar-refractivity contribution in [3.63, 3.8) is 0 Å². The van der Waals surface area contributed by atoms with Gasteiger partial charge in [-0.2, -0.15) is 18.4 Å². The molecule has 150 valence electrons. The number of aromatic hydroxyl groups is 2. The first-order chi connectivity index (χ1) is 13.3. The number of halogens is 3. The summed E-state index contributed by atoms with van der Waals surface area (Å²) >= 11 is 0. The molecule has 7 nitrogen and oxygen atoms in total. The van der Waals surface area contributed by atoms with Gasteiger partial charge >= 0.3 is 11.9 Å². The number of nitriles is 1. The molecule has 1 saturated heterocycles. The minimum Gasteiger partial charge on any atom is -0.494 e. The summed E-state index contributed by atoms with van der Waals surface area (Å²) in [5.74, 6) is -1.21. The Kier molecular flexibility index (Phi) is 3.45. The number of nitrogens with zero attached hydrogens (tertiary/aromatic N) is 3. The molecule has 3 N–H and O–H groups in total. The number of rotatable bonds is 1. The van der Waals surface area contributed by atoms with Gasteiger partial charge in [0.15, 0.2) is 0 Å². The van der Waals surface area contributed by atoms with E-state index in [1.807, 2.05) is 0 Å². The van der Waals surface area contributed by atoms with Crippen LogP contribution in [0.4, 0.5) is 13.2 Å². The van der Waals surface area contributed by atoms with Crippen LogP contribution in [-0.4, -0.2) is 25.6 Å². The van der Waals surface area contributed by atoms with Crippen LogP contribution in [0.2, 0.25) is 0 Å². The average molecular weight is 405 g/mol. The van der Waals surface area contributed by atoms with Crippen LogP contribution >= 0.6 is 0 Å². The first kappa shape index (κ1) is 19.1. The van der Waals surface area contributed by atoms with Crippen molar-refractivity contribution >= 4 is 0 Å². The van der Waals surface area contributed by atoms with E-state index in [1.54, 1.807) is 0 Å². The Bertz CT molecular complexity index is 1160. The molecule has 0 saturated carbocycles. The van der Waals surface area contributed by atoms with Crippen LogP contribution in [-0.2, 0) is 22.1 Å². The van der Waals surface area contributed by atoms with Crippen molar-refractivity contribution in [2.45, 2.75) is 43.4 Å². The molecule has 1 aromatic heterocycles. The maximum Gasteiger partial charge on any atom is 0.417 e. The van der Waals surface area contributed by atoms with Crippen molar-refractivity contribution in [2.75, 3.05) is 0 Å². The molecule has 10 heteroatoms. The van der Waals surface area contributed by atoms with Gasteiger partial charge in [0.1, 0.15) is 5.60 Å². The normalized spacial score (nSPS) is 30.1. The highest BCUT2D eigenvalue weighted by Crippen LogP contribution is 2.68. The van der Waals surface area contributed by atoms with Gasteiger partial charge in [-0.15, -0.1) is 0 Å². The molecule has 2 aliphatic rings. The van der Waals surface area contributed by atoms with E-state index in [0.29, 0.717) is 6.07 Å². The van der Waals surface area contributed by atoms with Crippen LogP contribution in [0, 0.1) is 17.9 Å². The van der Waals surface area contributed by atoms with Gasteiger partial charge in [0, 0.05) is 0 Å². The van der Waals surface area contributed by atoms with Crippen LogP contribution in [0.25, 0.3) is 10.5 Å². The van der Waals surface area contributed by atoms with Crippen molar-refractivity contribution in [1.82, 2.24) is 4.57 Å². The Hall–Kier alpha value is -3.21. The molecule has 0 radical (unpaired) electrons. The van der Waals surface area contributed by atoms with Gasteiger partial charge in [-0.3, -0.25) is 9.41 Å². The lowest BCUT2D eigenvalue weighted by atomic mass is 9.74. The summed E-state index contributed by atoms with van der Waals surface area (Å²) in [6.07, 6.45) is -5.02. The third kappa shape index (κ3) is 2.13. The number of alkyl halides is 3. The Morgan fingerprint density at radius 1 is 1.24 bits per heavy atom. The van der Waals surface area contributed by atoms with E-state index >= 15 is 0 Å². The first-order valence-corrected chi connectivity index (χ1v) is 8.43. The van der Waals surface area contributed by atoms with Crippen molar-refractivity contribution < 1.29 is 33.2 Å². The van der Waals surface area contributed by atoms with Gasteiger partial charge in [-0.25, -0.2) is 6.57 Å². The third-order valence-electron chi connectivity index (χ3n) is 5.78. The summed E-state index contributed by atoms with van der Waals surface area (Å²) in [5.41, 5.74) is -7.06. The van der Waals surface area contributed by atoms with E-state index in [-0.39, 0.29) is 23.2 Å². The largest absolute Gasteiger partial charge is 0.494 e. The highest BCUT2D eigenvalue weighted by atomic mass is 19.4. The number of fused-ring (bicyclic) bond motifs is 5. The van der Waals surface area contributed by atoms with E-state index in [2.05, 4.69) is 4.85 Å². The van der Waals surface area contributed by atoms with Gasteiger partial charge in [-0.1, -0.05) is 0 Å². The molecule has 0 spiro atoms. The lowest BCUT2D eigenvalue weighted by Crippen LogP contribution is -2.44. The second kappa shape index (κ2) is 5.23. The fourth-order valence-electron chi connectivity index (χ4n) is 4.49. The number of ether oxygens (including phenoxy) is 1. The SMILES string of the molecule is [C-]#[N+][C@]1(O)CC2(C)OC1(C)c1c2c(O)n(-c2ccc(C#N)c(C(F)(F)F)c2)c1O. The molecule has 2 aromatic rings. The van der Waals surface area contributed by atoms with Crippen molar-refractivity contribution in [3.05, 3.63) is 51.9 Å². The summed E-state index contributed by atoms with van der Waals surface area (Å²) < 4.78 is 46.6. The van der Waals surface area contributed by atoms with Gasteiger partial charge in [-0.05, 0) is 32.0 Å². The molecular formula is C19H14F3N3O4. The van der Waals surface area contributed by atoms with Gasteiger partial charge < -0.3 is 20.1 Å². The molecule has 3 heterocycles. The summed E-state index contributed by atoms with van der Waals surface area (Å²) in [4.78, 5) is 3.23. The summed E-state index contributed by atoms with van der Waals surface area (Å²) in [6.45, 7) is 10.2. The second-order valence-electron chi connectivity index (χ2n) is 7.54. The van der Waals surface area contributed by atoms with Crippen molar-refractivity contribution in [3.8, 4) is 23.5 Å². The fraction of sp³-hybridized carbons (Fsp3) is 0.368. The lowest BCUT2D eigenvalue weighted by Gasteiger charge is -2.27. The lowest BCUT2D eigenvalue weighted by molar-refractivity contribution is -0.137. The molecular weight excluding hydrogens is 391 g/mol. The van der Waals surface area contributed by atoms with Gasteiger partial charge in [0.25, 0.3) is 0 Å². The number of benzene rings is 1. The quantitative estimate of drug-likeness (QED) is 0.632. The highest BCUT2D eigenvalue weighted by Gasteiger charge is 2.76. The topological polar surface area (TPSA) is 103 Å². The monoisotopic (exact) mass is 405 g/mol. The molecule has 0 aliphatic carbocycles. The molecule has 29 heavy (non-hydrogen) atoms. The molecule has 2 unspecified atom stereocenters. The third-order valence-corrected chi connectivity index (χ3v) is 5.78. The molecule has 1 fully saturated rings. The van der Waals surface area contributed by atoms with Crippen LogP contribution in [0.3, 0.4) is 0 Å². The predicted molar refractivity (Wildman–Crippen MR) is 90.8 cm³/mol. The summed E-state index contributed by atoms with van der Waals surface area (Å²) in [6, 6.07) is 4.19. The van der Waals surface area contributed by atoms with E-state index in [9.17, 15) is 28.5 Å². The minimum absolute atomic E-state index is 0.0554. The molecule has 4 rings (SSSR count). The van der Waals surface area contributed by atoms with Crippen molar-refractivity contribution in [1.29, 1.82) is 5.26 Å². The Labute approximate surface area is 162 Å². The van der Waals surface area contributed by atoms with E-state index in [1.165, 1.54) is 19.9 Å². The predicted octanol–water partition coefficient (Wildman–Crippen LogP) is 3.25. The number of aromatic nitrogens is 1. The number of hydrogen-bond donors (Lipinski definition) is 3. The van der Waals surface area contributed by atoms with Crippen molar-refractivity contribution in [2.24, 2.45) is 0 Å². The zero-order valence-corrected chi connectivity index (χ0v) is 15.2. The minimum atomic E-state index is -4.83. The molecule has 1 aromatic carbocycles. The van der Waals surface area contributed by atoms with Gasteiger partial charge in [0.05, 0.1) is 40.4 Å². The Morgan fingerprint density at radius 3 is 2.41 bits per heavy atom. The van der Waals surface area contributed by atoms with Crippen LogP contribution < -0.4 is 0 Å². The smallest absolute Gasteiger partial charge is 0.417 e. The van der Waals surface area contributed by atoms with Crippen LogP contribution in [0.1, 0.15) is 42.5 Å². The maximum absolute atomic E-state index is 13.3. The zero-order chi connectivity index (χ0) is 21.6. The molecule has 3 atom stereocenters. The first-order valence-electron chi connectivity index (χ1n) is 8.43. The number of hydrogen-bond acceptors (Lipinski definition) is 5. The summed E-state index contributed by atoms with van der Waals surface area (Å²) in [7, 11) is 0. The molecule has 2 bridgehead atoms. The second-order valence-corrected chi connectivity index (χ2v) is 7.54. The Balaban J connectivity index is 2.00. The van der Waals surface area contributed by atoms with Crippen LogP contribution in [0.5, 0.6) is 11.8 Å². The average Bonchev–Trinajstić information content (AvgIpc) is 3.13. The molecule has 0 amide bonds. The standard InChI is InChI=1S/C19H14F3N3O4/c1-16-8-18(28,24-3)17(2,29-16)13-12(16)14(26)25(15(13)27)10-5-4-9(7-23)11(6-10)19(20,21)22/h4-6,26-28H,8H2,1-2H3/t16?,17?,18-/m0/s1. The zero-order valence-electron chi connectivity index (χ0n) is 15.2. The van der Waals surface area contributed by atoms with E-state index < -0.39 is 46.0 Å². The van der Waals surface area contributed by atoms with E-state index in [0.717, 1.165) is 16.7 Å².